The molecule has 0 spiro atoms. The first-order chi connectivity index (χ1) is 9.47. The van der Waals surface area contributed by atoms with Crippen LogP contribution in [-0.2, 0) is 6.54 Å². The molecule has 20 heavy (non-hydrogen) atoms. The fourth-order valence-corrected chi connectivity index (χ4v) is 2.17. The minimum Gasteiger partial charge on any atom is -0.368 e. The van der Waals surface area contributed by atoms with Gasteiger partial charge in [0.05, 0.1) is 5.69 Å². The number of nitrogens with two attached hydrogens (primary N) is 1. The first-order valence-corrected chi connectivity index (χ1v) is 6.79. The van der Waals surface area contributed by atoms with Gasteiger partial charge in [-0.05, 0) is 37.1 Å². The summed E-state index contributed by atoms with van der Waals surface area (Å²) in [7, 11) is 1.89. The SMILES string of the molecule is Cc1ccc(CN(C)c2ccc([C@H](C)N)cc2F)cc1. The lowest BCUT2D eigenvalue weighted by Gasteiger charge is -2.21. The lowest BCUT2D eigenvalue weighted by molar-refractivity contribution is 0.617. The summed E-state index contributed by atoms with van der Waals surface area (Å²) in [5.74, 6) is -0.227. The number of hydrogen-bond donors (Lipinski definition) is 1. The van der Waals surface area contributed by atoms with Crippen molar-refractivity contribution >= 4 is 5.69 Å². The molecule has 0 heterocycles. The molecule has 1 atom stereocenters. The van der Waals surface area contributed by atoms with Crippen molar-refractivity contribution in [2.75, 3.05) is 11.9 Å². The first-order valence-electron chi connectivity index (χ1n) is 6.79. The molecule has 0 aliphatic heterocycles. The van der Waals surface area contributed by atoms with Gasteiger partial charge in [-0.2, -0.15) is 0 Å². The van der Waals surface area contributed by atoms with E-state index in [0.29, 0.717) is 12.2 Å². The highest BCUT2D eigenvalue weighted by molar-refractivity contribution is 5.49. The van der Waals surface area contributed by atoms with E-state index in [2.05, 4.69) is 31.2 Å². The maximum Gasteiger partial charge on any atom is 0.146 e. The standard InChI is InChI=1S/C17H21FN2/c1-12-4-6-14(7-5-12)11-20(3)17-9-8-15(13(2)19)10-16(17)18/h4-10,13H,11,19H2,1-3H3/t13-/m0/s1. The van der Waals surface area contributed by atoms with Crippen LogP contribution in [0.2, 0.25) is 0 Å². The van der Waals surface area contributed by atoms with Crippen LogP contribution < -0.4 is 10.6 Å². The summed E-state index contributed by atoms with van der Waals surface area (Å²) < 4.78 is 14.1. The van der Waals surface area contributed by atoms with Gasteiger partial charge in [-0.25, -0.2) is 4.39 Å². The average molecular weight is 272 g/mol. The van der Waals surface area contributed by atoms with Gasteiger partial charge in [0.25, 0.3) is 0 Å². The van der Waals surface area contributed by atoms with Crippen LogP contribution in [0.5, 0.6) is 0 Å². The maximum absolute atomic E-state index is 14.1. The van der Waals surface area contributed by atoms with Crippen LogP contribution in [-0.4, -0.2) is 7.05 Å². The van der Waals surface area contributed by atoms with Gasteiger partial charge < -0.3 is 10.6 Å². The Morgan fingerprint density at radius 1 is 1.15 bits per heavy atom. The molecule has 0 bridgehead atoms. The number of halogens is 1. The molecule has 0 aliphatic carbocycles. The molecule has 0 aliphatic rings. The van der Waals surface area contributed by atoms with Crippen molar-refractivity contribution in [2.24, 2.45) is 5.73 Å². The monoisotopic (exact) mass is 272 g/mol. The molecule has 0 amide bonds. The van der Waals surface area contributed by atoms with Crippen LogP contribution in [0.15, 0.2) is 42.5 Å². The summed E-state index contributed by atoms with van der Waals surface area (Å²) in [6.45, 7) is 4.58. The molecule has 2 rings (SSSR count). The largest absolute Gasteiger partial charge is 0.368 e. The number of benzene rings is 2. The van der Waals surface area contributed by atoms with E-state index in [4.69, 9.17) is 5.73 Å². The number of hydrogen-bond acceptors (Lipinski definition) is 2. The fourth-order valence-electron chi connectivity index (χ4n) is 2.17. The minimum atomic E-state index is -0.227. The van der Waals surface area contributed by atoms with Gasteiger partial charge in [0, 0.05) is 19.6 Å². The average Bonchev–Trinajstić information content (AvgIpc) is 2.41. The van der Waals surface area contributed by atoms with Crippen molar-refractivity contribution in [3.63, 3.8) is 0 Å². The highest BCUT2D eigenvalue weighted by atomic mass is 19.1. The molecular formula is C17H21FN2. The van der Waals surface area contributed by atoms with Crippen molar-refractivity contribution in [2.45, 2.75) is 26.4 Å². The van der Waals surface area contributed by atoms with E-state index in [1.165, 1.54) is 11.6 Å². The van der Waals surface area contributed by atoms with Gasteiger partial charge in [0.15, 0.2) is 0 Å². The van der Waals surface area contributed by atoms with Gasteiger partial charge in [0.1, 0.15) is 5.82 Å². The molecule has 3 heteroatoms. The normalized spacial score (nSPS) is 12.2. The number of aryl methyl sites for hydroxylation is 1. The second kappa shape index (κ2) is 6.06. The Hall–Kier alpha value is -1.87. The number of nitrogens with zero attached hydrogens (tertiary/aromatic N) is 1. The van der Waals surface area contributed by atoms with Gasteiger partial charge in [0.2, 0.25) is 0 Å². The minimum absolute atomic E-state index is 0.152. The summed E-state index contributed by atoms with van der Waals surface area (Å²) in [6, 6.07) is 13.3. The van der Waals surface area contributed by atoms with E-state index >= 15 is 0 Å². The predicted molar refractivity (Wildman–Crippen MR) is 82.3 cm³/mol. The Balaban J connectivity index is 2.16. The third-order valence-electron chi connectivity index (χ3n) is 3.45. The van der Waals surface area contributed by atoms with E-state index in [1.54, 1.807) is 6.07 Å². The molecule has 2 N–H and O–H groups in total. The van der Waals surface area contributed by atoms with E-state index < -0.39 is 0 Å². The molecule has 0 aromatic heterocycles. The molecule has 2 nitrogen and oxygen atoms in total. The molecular weight excluding hydrogens is 251 g/mol. The zero-order valence-electron chi connectivity index (χ0n) is 12.2. The van der Waals surface area contributed by atoms with Crippen LogP contribution in [0.1, 0.15) is 29.7 Å². The summed E-state index contributed by atoms with van der Waals surface area (Å²) in [5, 5.41) is 0. The predicted octanol–water partition coefficient (Wildman–Crippen LogP) is 3.79. The Morgan fingerprint density at radius 2 is 1.80 bits per heavy atom. The van der Waals surface area contributed by atoms with Crippen LogP contribution in [0, 0.1) is 12.7 Å². The van der Waals surface area contributed by atoms with E-state index in [-0.39, 0.29) is 11.9 Å². The summed E-state index contributed by atoms with van der Waals surface area (Å²) in [4.78, 5) is 1.91. The van der Waals surface area contributed by atoms with Crippen molar-refractivity contribution in [1.29, 1.82) is 0 Å². The van der Waals surface area contributed by atoms with Crippen molar-refractivity contribution in [3.05, 3.63) is 65.0 Å². The first kappa shape index (κ1) is 14.5. The highest BCUT2D eigenvalue weighted by Gasteiger charge is 2.10. The van der Waals surface area contributed by atoms with E-state index in [9.17, 15) is 4.39 Å². The number of anilines is 1. The fraction of sp³-hybridized carbons (Fsp3) is 0.294. The second-order valence-corrected chi connectivity index (χ2v) is 5.34. The zero-order valence-corrected chi connectivity index (χ0v) is 12.2. The van der Waals surface area contributed by atoms with Crippen LogP contribution in [0.3, 0.4) is 0 Å². The van der Waals surface area contributed by atoms with Crippen molar-refractivity contribution < 1.29 is 4.39 Å². The number of rotatable bonds is 4. The maximum atomic E-state index is 14.1. The summed E-state index contributed by atoms with van der Waals surface area (Å²) in [6.07, 6.45) is 0. The topological polar surface area (TPSA) is 29.3 Å². The molecule has 2 aromatic rings. The molecule has 2 aromatic carbocycles. The summed E-state index contributed by atoms with van der Waals surface area (Å²) >= 11 is 0. The van der Waals surface area contributed by atoms with Gasteiger partial charge in [-0.3, -0.25) is 0 Å². The van der Waals surface area contributed by atoms with Crippen LogP contribution in [0.4, 0.5) is 10.1 Å². The van der Waals surface area contributed by atoms with Gasteiger partial charge in [-0.15, -0.1) is 0 Å². The molecule has 0 radical (unpaired) electrons. The Bertz CT molecular complexity index is 576. The van der Waals surface area contributed by atoms with Gasteiger partial charge in [-0.1, -0.05) is 35.9 Å². The molecule has 0 fully saturated rings. The van der Waals surface area contributed by atoms with Crippen LogP contribution >= 0.6 is 0 Å². The molecule has 0 saturated carbocycles. The lowest BCUT2D eigenvalue weighted by Crippen LogP contribution is -2.18. The molecule has 106 valence electrons. The Morgan fingerprint density at radius 3 is 2.35 bits per heavy atom. The quantitative estimate of drug-likeness (QED) is 0.917. The third-order valence-corrected chi connectivity index (χ3v) is 3.45. The summed E-state index contributed by atoms with van der Waals surface area (Å²) in [5.41, 5.74) is 9.56. The highest BCUT2D eigenvalue weighted by Crippen LogP contribution is 2.23. The van der Waals surface area contributed by atoms with Crippen molar-refractivity contribution in [1.82, 2.24) is 0 Å². The zero-order chi connectivity index (χ0) is 14.7. The Labute approximate surface area is 120 Å². The molecule has 0 saturated heterocycles. The van der Waals surface area contributed by atoms with Crippen molar-refractivity contribution in [3.8, 4) is 0 Å². The van der Waals surface area contributed by atoms with E-state index in [1.807, 2.05) is 24.9 Å². The lowest BCUT2D eigenvalue weighted by atomic mass is 10.1. The van der Waals surface area contributed by atoms with E-state index in [0.717, 1.165) is 11.1 Å². The Kier molecular flexibility index (Phi) is 4.40. The second-order valence-electron chi connectivity index (χ2n) is 5.34. The third kappa shape index (κ3) is 3.36. The molecule has 0 unspecified atom stereocenters. The smallest absolute Gasteiger partial charge is 0.146 e. The van der Waals surface area contributed by atoms with Gasteiger partial charge >= 0.3 is 0 Å². The van der Waals surface area contributed by atoms with Crippen LogP contribution in [0.25, 0.3) is 0 Å².